The van der Waals surface area contributed by atoms with Crippen LogP contribution in [-0.4, -0.2) is 48.5 Å². The zero-order valence-corrected chi connectivity index (χ0v) is 32.0. The lowest BCUT2D eigenvalue weighted by atomic mass is 10.0. The van der Waals surface area contributed by atoms with Gasteiger partial charge in [-0.15, -0.1) is 0 Å². The number of alkyl halides is 3. The Hall–Kier alpha value is -6.27. The van der Waals surface area contributed by atoms with E-state index in [2.05, 4.69) is 43.9 Å². The van der Waals surface area contributed by atoms with Crippen LogP contribution in [0.2, 0.25) is 5.02 Å². The van der Waals surface area contributed by atoms with E-state index < -0.39 is 23.8 Å². The number of H-pyrrole nitrogens is 1. The van der Waals surface area contributed by atoms with E-state index in [1.165, 1.54) is 25.3 Å². The number of aromatic carboxylic acids is 1. The predicted octanol–water partition coefficient (Wildman–Crippen LogP) is 10.8. The molecular weight excluding hydrogens is 767 g/mol. The van der Waals surface area contributed by atoms with E-state index in [0.717, 1.165) is 63.9 Å². The van der Waals surface area contributed by atoms with Gasteiger partial charge in [-0.05, 0) is 133 Å². The number of carboxylic acid groups (broad SMARTS) is 1. The topological polar surface area (TPSA) is 121 Å². The van der Waals surface area contributed by atoms with Gasteiger partial charge in [-0.1, -0.05) is 35.9 Å². The fraction of sp³-hybridized carbons (Fsp3) is 0.222. The highest BCUT2D eigenvalue weighted by Crippen LogP contribution is 2.42. The fourth-order valence-electron chi connectivity index (χ4n) is 7.17. The van der Waals surface area contributed by atoms with Crippen LogP contribution < -0.4 is 4.90 Å². The first-order valence-corrected chi connectivity index (χ1v) is 19.2. The molecule has 0 radical (unpaired) electrons. The number of carbonyl (C=O) groups excluding carboxylic acids is 2. The van der Waals surface area contributed by atoms with Gasteiger partial charge in [0.05, 0.1) is 22.5 Å². The lowest BCUT2D eigenvalue weighted by molar-refractivity contribution is -0.169. The highest BCUT2D eigenvalue weighted by molar-refractivity contribution is 6.31. The Balaban J connectivity index is 0.000000162. The summed E-state index contributed by atoms with van der Waals surface area (Å²) in [4.78, 5) is 48.3. The van der Waals surface area contributed by atoms with E-state index in [-0.39, 0.29) is 23.0 Å². The number of aromatic amines is 1. The summed E-state index contributed by atoms with van der Waals surface area (Å²) in [5.41, 5.74) is 6.72. The van der Waals surface area contributed by atoms with Crippen LogP contribution >= 0.6 is 11.6 Å². The smallest absolute Gasteiger partial charge is 0.472 e. The van der Waals surface area contributed by atoms with Gasteiger partial charge >= 0.3 is 18.1 Å². The summed E-state index contributed by atoms with van der Waals surface area (Å²) in [6.07, 6.45) is 6.53. The van der Waals surface area contributed by atoms with Gasteiger partial charge in [0.15, 0.2) is 11.6 Å². The van der Waals surface area contributed by atoms with Gasteiger partial charge in [0.25, 0.3) is 0 Å². The van der Waals surface area contributed by atoms with E-state index in [9.17, 15) is 32.7 Å². The van der Waals surface area contributed by atoms with Crippen molar-refractivity contribution < 1.29 is 32.7 Å². The van der Waals surface area contributed by atoms with Gasteiger partial charge in [-0.2, -0.15) is 13.2 Å². The molecule has 13 heteroatoms. The Morgan fingerprint density at radius 2 is 1.57 bits per heavy atom. The van der Waals surface area contributed by atoms with Gasteiger partial charge in [-0.25, -0.2) is 9.78 Å². The molecule has 2 N–H and O–H groups in total. The number of nitrogens with zero attached hydrogens (tertiary/aromatic N) is 4. The molecule has 0 saturated heterocycles. The summed E-state index contributed by atoms with van der Waals surface area (Å²) in [5, 5.41) is 12.2. The summed E-state index contributed by atoms with van der Waals surface area (Å²) in [6, 6.07) is 25.7. The molecule has 2 fully saturated rings. The number of Topliss-reactive ketones (excluding diaryl/α,β-unsaturated/α-hetero) is 1. The number of carbonyl (C=O) groups is 3. The van der Waals surface area contributed by atoms with Crippen LogP contribution in [0.3, 0.4) is 0 Å². The van der Waals surface area contributed by atoms with Crippen molar-refractivity contribution in [3.8, 4) is 0 Å². The zero-order chi connectivity index (χ0) is 40.7. The molecule has 294 valence electrons. The summed E-state index contributed by atoms with van der Waals surface area (Å²) in [5.74, 6) is -3.02. The maximum absolute atomic E-state index is 13.4. The van der Waals surface area contributed by atoms with Crippen molar-refractivity contribution >= 4 is 62.6 Å². The molecule has 0 atom stereocenters. The Kier molecular flexibility index (Phi) is 10.4. The lowest BCUT2D eigenvalue weighted by Gasteiger charge is -2.25. The van der Waals surface area contributed by atoms with Crippen molar-refractivity contribution in [1.29, 1.82) is 0 Å². The molecular formula is C45H37ClF3N5O4. The number of aromatic nitrogens is 4. The van der Waals surface area contributed by atoms with Crippen molar-refractivity contribution in [3.05, 3.63) is 154 Å². The molecule has 0 unspecified atom stereocenters. The molecule has 0 spiro atoms. The highest BCUT2D eigenvalue weighted by Gasteiger charge is 2.45. The number of pyridine rings is 2. The molecule has 0 aliphatic heterocycles. The van der Waals surface area contributed by atoms with E-state index >= 15 is 0 Å². The molecule has 4 aromatic heterocycles. The maximum Gasteiger partial charge on any atom is 0.472 e. The second-order valence-corrected chi connectivity index (χ2v) is 15.2. The van der Waals surface area contributed by atoms with Gasteiger partial charge in [0.1, 0.15) is 0 Å². The average molecular weight is 804 g/mol. The summed E-state index contributed by atoms with van der Waals surface area (Å²) < 4.78 is 42.3. The minimum Gasteiger partial charge on any atom is -0.478 e. The number of amides is 1. The number of benzene rings is 3. The van der Waals surface area contributed by atoms with Crippen LogP contribution in [0.15, 0.2) is 110 Å². The van der Waals surface area contributed by atoms with Crippen LogP contribution in [-0.2, 0) is 17.8 Å². The molecule has 7 aromatic rings. The van der Waals surface area contributed by atoms with Crippen LogP contribution in [0.25, 0.3) is 21.8 Å². The number of carboxylic acids is 1. The van der Waals surface area contributed by atoms with Crippen LogP contribution in [0.5, 0.6) is 0 Å². The quantitative estimate of drug-likeness (QED) is 0.133. The number of fused-ring (bicyclic) bond motifs is 2. The Morgan fingerprint density at radius 3 is 2.24 bits per heavy atom. The van der Waals surface area contributed by atoms with Gasteiger partial charge in [0.2, 0.25) is 0 Å². The van der Waals surface area contributed by atoms with E-state index in [0.29, 0.717) is 45.9 Å². The minimum absolute atomic E-state index is 0.00355. The number of nitrogens with one attached hydrogen (secondary N) is 1. The lowest BCUT2D eigenvalue weighted by Crippen LogP contribution is -2.39. The molecule has 58 heavy (non-hydrogen) atoms. The van der Waals surface area contributed by atoms with Gasteiger partial charge in [0, 0.05) is 59.2 Å². The second kappa shape index (κ2) is 15.6. The van der Waals surface area contributed by atoms with Crippen molar-refractivity contribution in [1.82, 2.24) is 19.5 Å². The standard InChI is InChI=1S/C25H21ClN2O2.C20H16F3N3O2/c26-22-4-2-1-3-19(22)15-28-10-9-18-11-16(5-8-24(18)28)12-23-21(25(29)30)13-20(14-27-23)17-6-7-17;1-11(27)16-9-14(12-2-3-12)10-25-18(16)26(19(28)20(21,22)23)15-4-5-17-13(8-15)6-7-24-17/h1-5,8-11,13-14,17H,6-7,12,15H2,(H,29,30);4-10,12,24H,2-3H2,1H3. The van der Waals surface area contributed by atoms with Crippen molar-refractivity contribution in [2.24, 2.45) is 0 Å². The van der Waals surface area contributed by atoms with Crippen molar-refractivity contribution in [2.45, 2.75) is 63.6 Å². The number of ketones is 1. The van der Waals surface area contributed by atoms with Crippen LogP contribution in [0.4, 0.5) is 24.7 Å². The normalized spacial score (nSPS) is 13.9. The number of hydrogen-bond acceptors (Lipinski definition) is 5. The van der Waals surface area contributed by atoms with Gasteiger partial charge < -0.3 is 14.7 Å². The minimum atomic E-state index is -5.13. The number of rotatable bonds is 10. The Morgan fingerprint density at radius 1 is 0.862 bits per heavy atom. The monoisotopic (exact) mass is 803 g/mol. The molecule has 9 nitrogen and oxygen atoms in total. The number of hydrogen-bond donors (Lipinski definition) is 2. The Bertz CT molecular complexity index is 2710. The summed E-state index contributed by atoms with van der Waals surface area (Å²) in [7, 11) is 0. The first-order valence-electron chi connectivity index (χ1n) is 18.9. The fourth-order valence-corrected chi connectivity index (χ4v) is 7.36. The third-order valence-electron chi connectivity index (χ3n) is 10.5. The third kappa shape index (κ3) is 8.24. The zero-order valence-electron chi connectivity index (χ0n) is 31.3. The van der Waals surface area contributed by atoms with E-state index in [1.54, 1.807) is 30.5 Å². The Labute approximate surface area is 336 Å². The largest absolute Gasteiger partial charge is 0.478 e. The molecule has 2 saturated carbocycles. The summed E-state index contributed by atoms with van der Waals surface area (Å²) >= 11 is 6.31. The van der Waals surface area contributed by atoms with Gasteiger partial charge in [-0.3, -0.25) is 19.5 Å². The average Bonchev–Trinajstić information content (AvgIpc) is 4.14. The van der Waals surface area contributed by atoms with Crippen molar-refractivity contribution in [2.75, 3.05) is 4.90 Å². The van der Waals surface area contributed by atoms with E-state index in [4.69, 9.17) is 11.6 Å². The van der Waals surface area contributed by atoms with E-state index in [1.807, 2.05) is 36.5 Å². The number of anilines is 2. The molecule has 4 heterocycles. The molecule has 2 aliphatic carbocycles. The molecule has 0 bridgehead atoms. The van der Waals surface area contributed by atoms with Crippen LogP contribution in [0.1, 0.15) is 93.1 Å². The SMILES string of the molecule is CC(=O)c1cc(C2CC2)cnc1N(C(=O)C(F)(F)F)c1ccc2[nH]ccc2c1.O=C(O)c1cc(C2CC2)cnc1Cc1ccc2c(ccn2Cc2ccccc2Cl)c1. The molecule has 1 amide bonds. The summed E-state index contributed by atoms with van der Waals surface area (Å²) in [6.45, 7) is 1.96. The maximum atomic E-state index is 13.4. The first kappa shape index (κ1) is 38.6. The first-order chi connectivity index (χ1) is 27.8. The molecule has 9 rings (SSSR count). The predicted molar refractivity (Wildman–Crippen MR) is 216 cm³/mol. The number of halogens is 4. The van der Waals surface area contributed by atoms with Crippen LogP contribution in [0, 0.1) is 0 Å². The highest BCUT2D eigenvalue weighted by atomic mass is 35.5. The molecule has 3 aromatic carbocycles. The third-order valence-corrected chi connectivity index (χ3v) is 10.9. The second-order valence-electron chi connectivity index (χ2n) is 14.8. The molecule has 2 aliphatic rings. The van der Waals surface area contributed by atoms with Crippen molar-refractivity contribution in [3.63, 3.8) is 0 Å².